The standard InChI is InChI=1S/C23H22FNOS/c1-18-10-12-22(27-18)17-25(15-14-19-6-3-2-4-7-19)23(26)13-11-20-8-5-9-21(24)16-20/h2-13,16H,14-15,17H2,1H3/b13-11+. The average Bonchev–Trinajstić information content (AvgIpc) is 3.09. The number of hydrogen-bond acceptors (Lipinski definition) is 2. The molecule has 2 aromatic carbocycles. The zero-order chi connectivity index (χ0) is 19.1. The molecule has 27 heavy (non-hydrogen) atoms. The van der Waals surface area contributed by atoms with Crippen LogP contribution in [0.4, 0.5) is 4.39 Å². The summed E-state index contributed by atoms with van der Waals surface area (Å²) < 4.78 is 13.3. The van der Waals surface area contributed by atoms with Crippen LogP contribution in [0.3, 0.4) is 0 Å². The predicted octanol–water partition coefficient (Wildman–Crippen LogP) is 5.48. The van der Waals surface area contributed by atoms with Gasteiger partial charge in [0.25, 0.3) is 0 Å². The Kier molecular flexibility index (Phi) is 6.55. The molecule has 0 atom stereocenters. The molecule has 0 aliphatic heterocycles. The zero-order valence-electron chi connectivity index (χ0n) is 15.3. The zero-order valence-corrected chi connectivity index (χ0v) is 16.1. The average molecular weight is 380 g/mol. The highest BCUT2D eigenvalue weighted by Crippen LogP contribution is 2.18. The van der Waals surface area contributed by atoms with Gasteiger partial charge in [-0.3, -0.25) is 4.79 Å². The molecule has 3 aromatic rings. The smallest absolute Gasteiger partial charge is 0.246 e. The lowest BCUT2D eigenvalue weighted by Gasteiger charge is -2.20. The molecule has 0 spiro atoms. The molecule has 0 bridgehead atoms. The van der Waals surface area contributed by atoms with Crippen LogP contribution in [0.5, 0.6) is 0 Å². The van der Waals surface area contributed by atoms with Crippen molar-refractivity contribution in [1.82, 2.24) is 4.90 Å². The number of thiophene rings is 1. The van der Waals surface area contributed by atoms with Crippen LogP contribution in [-0.4, -0.2) is 17.4 Å². The van der Waals surface area contributed by atoms with Gasteiger partial charge < -0.3 is 4.90 Å². The van der Waals surface area contributed by atoms with Crippen molar-refractivity contribution in [3.8, 4) is 0 Å². The van der Waals surface area contributed by atoms with Gasteiger partial charge in [0.15, 0.2) is 0 Å². The van der Waals surface area contributed by atoms with Gasteiger partial charge in [-0.25, -0.2) is 4.39 Å². The van der Waals surface area contributed by atoms with Crippen LogP contribution in [0.2, 0.25) is 0 Å². The summed E-state index contributed by atoms with van der Waals surface area (Å²) >= 11 is 1.70. The van der Waals surface area contributed by atoms with E-state index in [9.17, 15) is 9.18 Å². The summed E-state index contributed by atoms with van der Waals surface area (Å²) in [5.74, 6) is -0.374. The number of carbonyl (C=O) groups is 1. The Labute approximate surface area is 163 Å². The van der Waals surface area contributed by atoms with Gasteiger partial charge in [-0.2, -0.15) is 0 Å². The van der Waals surface area contributed by atoms with Crippen molar-refractivity contribution in [3.05, 3.63) is 99.5 Å². The highest BCUT2D eigenvalue weighted by Gasteiger charge is 2.13. The Balaban J connectivity index is 1.71. The first-order valence-corrected chi connectivity index (χ1v) is 9.73. The highest BCUT2D eigenvalue weighted by molar-refractivity contribution is 7.11. The molecule has 4 heteroatoms. The largest absolute Gasteiger partial charge is 0.334 e. The fraction of sp³-hybridized carbons (Fsp3) is 0.174. The van der Waals surface area contributed by atoms with Gasteiger partial charge in [0.2, 0.25) is 5.91 Å². The second-order valence-corrected chi connectivity index (χ2v) is 7.77. The van der Waals surface area contributed by atoms with E-state index < -0.39 is 0 Å². The Hall–Kier alpha value is -2.72. The van der Waals surface area contributed by atoms with Crippen LogP contribution < -0.4 is 0 Å². The number of nitrogens with zero attached hydrogens (tertiary/aromatic N) is 1. The van der Waals surface area contributed by atoms with Crippen molar-refractivity contribution >= 4 is 23.3 Å². The van der Waals surface area contributed by atoms with E-state index in [-0.39, 0.29) is 11.7 Å². The molecule has 0 unspecified atom stereocenters. The lowest BCUT2D eigenvalue weighted by molar-refractivity contribution is -0.126. The maximum absolute atomic E-state index is 13.3. The Morgan fingerprint density at radius 2 is 1.89 bits per heavy atom. The maximum Gasteiger partial charge on any atom is 0.246 e. The van der Waals surface area contributed by atoms with Crippen molar-refractivity contribution in [2.75, 3.05) is 6.54 Å². The molecule has 138 valence electrons. The molecule has 2 nitrogen and oxygen atoms in total. The van der Waals surface area contributed by atoms with E-state index in [1.807, 2.05) is 23.1 Å². The first kappa shape index (κ1) is 19.1. The highest BCUT2D eigenvalue weighted by atomic mass is 32.1. The normalized spacial score (nSPS) is 11.0. The molecular formula is C23H22FNOS. The number of rotatable bonds is 7. The number of carbonyl (C=O) groups excluding carboxylic acids is 1. The van der Waals surface area contributed by atoms with E-state index in [0.29, 0.717) is 18.7 Å². The van der Waals surface area contributed by atoms with E-state index in [4.69, 9.17) is 0 Å². The fourth-order valence-corrected chi connectivity index (χ4v) is 3.72. The summed E-state index contributed by atoms with van der Waals surface area (Å²) in [6.07, 6.45) is 3.99. The van der Waals surface area contributed by atoms with Crippen LogP contribution in [0.1, 0.15) is 20.9 Å². The lowest BCUT2D eigenvalue weighted by Crippen LogP contribution is -2.30. The minimum Gasteiger partial charge on any atom is -0.334 e. The molecule has 0 aliphatic rings. The minimum absolute atomic E-state index is 0.0683. The third-order valence-electron chi connectivity index (χ3n) is 4.23. The van der Waals surface area contributed by atoms with Gasteiger partial charge >= 0.3 is 0 Å². The van der Waals surface area contributed by atoms with E-state index in [1.54, 1.807) is 29.5 Å². The molecule has 1 aromatic heterocycles. The Morgan fingerprint density at radius 3 is 2.59 bits per heavy atom. The summed E-state index contributed by atoms with van der Waals surface area (Å²) in [6, 6.07) is 20.5. The van der Waals surface area contributed by atoms with Gasteiger partial charge in [0, 0.05) is 22.4 Å². The second kappa shape index (κ2) is 9.28. The Bertz CT molecular complexity index is 917. The lowest BCUT2D eigenvalue weighted by atomic mass is 10.1. The number of aryl methyl sites for hydroxylation is 1. The monoisotopic (exact) mass is 379 g/mol. The van der Waals surface area contributed by atoms with E-state index in [0.717, 1.165) is 11.3 Å². The topological polar surface area (TPSA) is 20.3 Å². The van der Waals surface area contributed by atoms with Crippen LogP contribution in [0.15, 0.2) is 72.8 Å². The van der Waals surface area contributed by atoms with E-state index >= 15 is 0 Å². The SMILES string of the molecule is Cc1ccc(CN(CCc2ccccc2)C(=O)/C=C/c2cccc(F)c2)s1. The predicted molar refractivity (Wildman–Crippen MR) is 110 cm³/mol. The summed E-state index contributed by atoms with van der Waals surface area (Å²) in [6.45, 7) is 3.28. The molecule has 0 saturated carbocycles. The van der Waals surface area contributed by atoms with Crippen molar-refractivity contribution in [1.29, 1.82) is 0 Å². The number of amides is 1. The van der Waals surface area contributed by atoms with Gasteiger partial charge in [0.05, 0.1) is 6.54 Å². The summed E-state index contributed by atoms with van der Waals surface area (Å²) in [5, 5.41) is 0. The van der Waals surface area contributed by atoms with E-state index in [2.05, 4.69) is 31.2 Å². The van der Waals surface area contributed by atoms with Crippen molar-refractivity contribution in [2.45, 2.75) is 19.9 Å². The van der Waals surface area contributed by atoms with Crippen molar-refractivity contribution in [2.24, 2.45) is 0 Å². The first-order valence-electron chi connectivity index (χ1n) is 8.92. The second-order valence-electron chi connectivity index (χ2n) is 6.40. The number of hydrogen-bond donors (Lipinski definition) is 0. The molecule has 0 fully saturated rings. The molecule has 0 N–H and O–H groups in total. The summed E-state index contributed by atoms with van der Waals surface area (Å²) in [7, 11) is 0. The molecule has 3 rings (SSSR count). The van der Waals surface area contributed by atoms with Crippen molar-refractivity contribution < 1.29 is 9.18 Å². The third-order valence-corrected chi connectivity index (χ3v) is 5.22. The van der Waals surface area contributed by atoms with Crippen molar-refractivity contribution in [3.63, 3.8) is 0 Å². The quantitative estimate of drug-likeness (QED) is 0.498. The van der Waals surface area contributed by atoms with Crippen LogP contribution in [0.25, 0.3) is 6.08 Å². The van der Waals surface area contributed by atoms with Gasteiger partial charge in [0.1, 0.15) is 5.82 Å². The van der Waals surface area contributed by atoms with Gasteiger partial charge in [-0.1, -0.05) is 42.5 Å². The van der Waals surface area contributed by atoms with E-state index in [1.165, 1.54) is 28.6 Å². The van der Waals surface area contributed by atoms with Gasteiger partial charge in [-0.15, -0.1) is 11.3 Å². The summed E-state index contributed by atoms with van der Waals surface area (Å²) in [4.78, 5) is 17.0. The fourth-order valence-electron chi connectivity index (χ4n) is 2.82. The molecule has 0 radical (unpaired) electrons. The molecule has 0 saturated heterocycles. The maximum atomic E-state index is 13.3. The number of benzene rings is 2. The molecule has 0 aliphatic carbocycles. The third kappa shape index (κ3) is 5.90. The molecular weight excluding hydrogens is 357 g/mol. The Morgan fingerprint density at radius 1 is 1.07 bits per heavy atom. The van der Waals surface area contributed by atoms with Crippen LogP contribution in [0, 0.1) is 12.7 Å². The van der Waals surface area contributed by atoms with Crippen LogP contribution in [-0.2, 0) is 17.8 Å². The molecule has 1 amide bonds. The van der Waals surface area contributed by atoms with Gasteiger partial charge in [-0.05, 0) is 54.8 Å². The number of halogens is 1. The minimum atomic E-state index is -0.306. The molecule has 1 heterocycles. The van der Waals surface area contributed by atoms with Crippen LogP contribution >= 0.6 is 11.3 Å². The first-order chi connectivity index (χ1) is 13.1. The summed E-state index contributed by atoms with van der Waals surface area (Å²) in [5.41, 5.74) is 1.88.